The SMILES string of the molecule is OC[C@H](O)Cc1c(F)cc(F)cc1I. The number of benzene rings is 1. The summed E-state index contributed by atoms with van der Waals surface area (Å²) < 4.78 is 26.3. The summed E-state index contributed by atoms with van der Waals surface area (Å²) in [6.07, 6.45) is -1.02. The second-order valence-electron chi connectivity index (χ2n) is 2.89. The van der Waals surface area contributed by atoms with Crippen molar-refractivity contribution in [3.05, 3.63) is 32.9 Å². The lowest BCUT2D eigenvalue weighted by Crippen LogP contribution is -2.17. The van der Waals surface area contributed by atoms with Gasteiger partial charge in [0.1, 0.15) is 11.6 Å². The van der Waals surface area contributed by atoms with Crippen molar-refractivity contribution in [2.24, 2.45) is 0 Å². The molecular weight excluding hydrogens is 305 g/mol. The van der Waals surface area contributed by atoms with Crippen LogP contribution in [0.4, 0.5) is 8.78 Å². The molecule has 0 saturated carbocycles. The van der Waals surface area contributed by atoms with E-state index in [1.807, 2.05) is 0 Å². The third-order valence-corrected chi connectivity index (χ3v) is 2.72. The van der Waals surface area contributed by atoms with E-state index in [4.69, 9.17) is 10.2 Å². The molecule has 0 aliphatic rings. The Morgan fingerprint density at radius 3 is 2.50 bits per heavy atom. The van der Waals surface area contributed by atoms with Gasteiger partial charge in [-0.2, -0.15) is 0 Å². The number of halogens is 3. The molecule has 2 N–H and O–H groups in total. The molecule has 0 saturated heterocycles. The molecule has 0 heterocycles. The number of hydrogen-bond acceptors (Lipinski definition) is 2. The van der Waals surface area contributed by atoms with Crippen LogP contribution in [0.25, 0.3) is 0 Å². The van der Waals surface area contributed by atoms with Crippen LogP contribution >= 0.6 is 22.6 Å². The smallest absolute Gasteiger partial charge is 0.130 e. The molecule has 0 radical (unpaired) electrons. The molecule has 1 aromatic carbocycles. The summed E-state index contributed by atoms with van der Waals surface area (Å²) >= 11 is 1.79. The van der Waals surface area contributed by atoms with Gasteiger partial charge < -0.3 is 10.2 Å². The zero-order valence-corrected chi connectivity index (χ0v) is 9.33. The van der Waals surface area contributed by atoms with Crippen LogP contribution in [-0.2, 0) is 6.42 Å². The summed E-state index contributed by atoms with van der Waals surface area (Å²) in [4.78, 5) is 0. The normalized spacial score (nSPS) is 12.9. The zero-order valence-electron chi connectivity index (χ0n) is 7.17. The minimum atomic E-state index is -1.01. The molecule has 14 heavy (non-hydrogen) atoms. The van der Waals surface area contributed by atoms with E-state index in [0.717, 1.165) is 6.07 Å². The Morgan fingerprint density at radius 2 is 2.00 bits per heavy atom. The second kappa shape index (κ2) is 4.99. The van der Waals surface area contributed by atoms with Gasteiger partial charge in [-0.15, -0.1) is 0 Å². The van der Waals surface area contributed by atoms with E-state index in [0.29, 0.717) is 3.57 Å². The van der Waals surface area contributed by atoms with Gasteiger partial charge in [-0.1, -0.05) is 0 Å². The van der Waals surface area contributed by atoms with E-state index < -0.39 is 24.3 Å². The first-order chi connectivity index (χ1) is 6.54. The van der Waals surface area contributed by atoms with Gasteiger partial charge in [-0.3, -0.25) is 0 Å². The Kier molecular flexibility index (Phi) is 4.21. The number of aliphatic hydroxyl groups excluding tert-OH is 2. The molecule has 0 fully saturated rings. The van der Waals surface area contributed by atoms with E-state index in [1.54, 1.807) is 22.6 Å². The third kappa shape index (κ3) is 2.86. The highest BCUT2D eigenvalue weighted by Gasteiger charge is 2.13. The monoisotopic (exact) mass is 314 g/mol. The van der Waals surface area contributed by atoms with Gasteiger partial charge >= 0.3 is 0 Å². The molecule has 0 aliphatic heterocycles. The van der Waals surface area contributed by atoms with Crippen molar-refractivity contribution in [2.45, 2.75) is 12.5 Å². The highest BCUT2D eigenvalue weighted by atomic mass is 127. The van der Waals surface area contributed by atoms with E-state index in [9.17, 15) is 8.78 Å². The van der Waals surface area contributed by atoms with Gasteiger partial charge in [0, 0.05) is 21.6 Å². The van der Waals surface area contributed by atoms with Gasteiger partial charge in [-0.25, -0.2) is 8.78 Å². The van der Waals surface area contributed by atoms with Crippen molar-refractivity contribution in [1.29, 1.82) is 0 Å². The third-order valence-electron chi connectivity index (χ3n) is 1.76. The van der Waals surface area contributed by atoms with Crippen LogP contribution in [0.5, 0.6) is 0 Å². The standard InChI is InChI=1S/C9H9F2IO2/c10-5-1-8(11)7(9(12)2-5)3-6(14)4-13/h1-2,6,13-14H,3-4H2/t6-/m1/s1. The molecule has 1 aromatic rings. The molecule has 2 nitrogen and oxygen atoms in total. The molecule has 0 aliphatic carbocycles. The van der Waals surface area contributed by atoms with E-state index in [2.05, 4.69) is 0 Å². The fourth-order valence-electron chi connectivity index (χ4n) is 1.07. The molecule has 0 bridgehead atoms. The van der Waals surface area contributed by atoms with Crippen molar-refractivity contribution in [3.63, 3.8) is 0 Å². The van der Waals surface area contributed by atoms with Gasteiger partial charge in [0.05, 0.1) is 12.7 Å². The summed E-state index contributed by atoms with van der Waals surface area (Å²) in [5.41, 5.74) is 0.230. The van der Waals surface area contributed by atoms with Gasteiger partial charge in [0.25, 0.3) is 0 Å². The quantitative estimate of drug-likeness (QED) is 0.830. The number of aliphatic hydroxyl groups is 2. The molecule has 0 aromatic heterocycles. The van der Waals surface area contributed by atoms with E-state index in [-0.39, 0.29) is 12.0 Å². The first-order valence-electron chi connectivity index (χ1n) is 3.97. The molecule has 78 valence electrons. The highest BCUT2D eigenvalue weighted by molar-refractivity contribution is 14.1. The van der Waals surface area contributed by atoms with Crippen LogP contribution < -0.4 is 0 Å². The number of hydrogen-bond donors (Lipinski definition) is 2. The molecule has 0 spiro atoms. The lowest BCUT2D eigenvalue weighted by atomic mass is 10.1. The Balaban J connectivity index is 2.96. The predicted molar refractivity (Wildman–Crippen MR) is 55.9 cm³/mol. The summed E-state index contributed by atoms with van der Waals surface area (Å²) in [6, 6.07) is 1.95. The Labute approximate surface area is 93.7 Å². The van der Waals surface area contributed by atoms with Crippen LogP contribution in [0.15, 0.2) is 12.1 Å². The van der Waals surface area contributed by atoms with Crippen LogP contribution in [-0.4, -0.2) is 22.9 Å². The Morgan fingerprint density at radius 1 is 1.36 bits per heavy atom. The van der Waals surface area contributed by atoms with Crippen molar-refractivity contribution in [3.8, 4) is 0 Å². The molecule has 0 unspecified atom stereocenters. The molecule has 0 amide bonds. The van der Waals surface area contributed by atoms with Gasteiger partial charge in [0.15, 0.2) is 0 Å². The summed E-state index contributed by atoms with van der Waals surface area (Å²) in [7, 11) is 0. The van der Waals surface area contributed by atoms with Gasteiger partial charge in [0.2, 0.25) is 0 Å². The molecular formula is C9H9F2IO2. The summed E-state index contributed by atoms with van der Waals surface area (Å²) in [5, 5.41) is 17.7. The van der Waals surface area contributed by atoms with E-state index >= 15 is 0 Å². The van der Waals surface area contributed by atoms with Crippen LogP contribution in [0.1, 0.15) is 5.56 Å². The summed E-state index contributed by atoms with van der Waals surface area (Å²) in [5.74, 6) is -1.34. The van der Waals surface area contributed by atoms with Crippen molar-refractivity contribution >= 4 is 22.6 Å². The average Bonchev–Trinajstić information content (AvgIpc) is 2.10. The second-order valence-corrected chi connectivity index (χ2v) is 4.05. The van der Waals surface area contributed by atoms with Crippen LogP contribution in [0.2, 0.25) is 0 Å². The van der Waals surface area contributed by atoms with Crippen molar-refractivity contribution < 1.29 is 19.0 Å². The minimum absolute atomic E-state index is 0.0130. The van der Waals surface area contributed by atoms with Gasteiger partial charge in [-0.05, 0) is 28.7 Å². The lowest BCUT2D eigenvalue weighted by Gasteiger charge is -2.10. The fraction of sp³-hybridized carbons (Fsp3) is 0.333. The van der Waals surface area contributed by atoms with Crippen molar-refractivity contribution in [1.82, 2.24) is 0 Å². The maximum absolute atomic E-state index is 13.2. The van der Waals surface area contributed by atoms with Crippen LogP contribution in [0, 0.1) is 15.2 Å². The largest absolute Gasteiger partial charge is 0.394 e. The maximum Gasteiger partial charge on any atom is 0.130 e. The first kappa shape index (κ1) is 11.8. The number of rotatable bonds is 3. The van der Waals surface area contributed by atoms with Crippen LogP contribution in [0.3, 0.4) is 0 Å². The Bertz CT molecular complexity index is 308. The van der Waals surface area contributed by atoms with Crippen molar-refractivity contribution in [2.75, 3.05) is 6.61 Å². The topological polar surface area (TPSA) is 40.5 Å². The predicted octanol–water partition coefficient (Wildman–Crippen LogP) is 1.47. The zero-order chi connectivity index (χ0) is 10.7. The highest BCUT2D eigenvalue weighted by Crippen LogP contribution is 2.19. The van der Waals surface area contributed by atoms with E-state index in [1.165, 1.54) is 6.07 Å². The fourth-order valence-corrected chi connectivity index (χ4v) is 1.84. The molecule has 1 atom stereocenters. The summed E-state index contributed by atoms with van der Waals surface area (Å²) in [6.45, 7) is -0.438. The Hall–Kier alpha value is -0.270. The maximum atomic E-state index is 13.2. The minimum Gasteiger partial charge on any atom is -0.394 e. The lowest BCUT2D eigenvalue weighted by molar-refractivity contribution is 0.0946. The average molecular weight is 314 g/mol. The molecule has 5 heteroatoms. The first-order valence-corrected chi connectivity index (χ1v) is 5.04. The molecule has 1 rings (SSSR count).